The van der Waals surface area contributed by atoms with Gasteiger partial charge < -0.3 is 44.9 Å². The highest BCUT2D eigenvalue weighted by molar-refractivity contribution is 7.89. The first-order valence-electron chi connectivity index (χ1n) is 22.7. The fourth-order valence-electron chi connectivity index (χ4n) is 7.36. The fourth-order valence-corrected chi connectivity index (χ4v) is 8.44. The summed E-state index contributed by atoms with van der Waals surface area (Å²) >= 11 is 0. The number of hydrogen-bond acceptors (Lipinski definition) is 18. The van der Waals surface area contributed by atoms with Gasteiger partial charge in [-0.3, -0.25) is 28.5 Å². The van der Waals surface area contributed by atoms with E-state index < -0.39 is 52.1 Å². The summed E-state index contributed by atoms with van der Waals surface area (Å²) in [5, 5.41) is 16.0. The highest BCUT2D eigenvalue weighted by Crippen LogP contribution is 2.25. The van der Waals surface area contributed by atoms with Crippen LogP contribution in [0.15, 0.2) is 94.7 Å². The normalized spacial score (nSPS) is 14.2. The Hall–Kier alpha value is -5.86. The topological polar surface area (TPSA) is 369 Å². The smallest absolute Gasteiger partial charge is 0.261 e. The van der Waals surface area contributed by atoms with Crippen LogP contribution in [0, 0.1) is 0 Å². The Balaban J connectivity index is 0.000000430. The molecule has 2 amide bonds. The van der Waals surface area contributed by atoms with E-state index >= 15 is 0 Å². The zero-order valence-corrected chi connectivity index (χ0v) is 45.9. The van der Waals surface area contributed by atoms with Crippen molar-refractivity contribution in [2.24, 2.45) is 10.3 Å². The molecule has 6 rings (SSSR count). The third-order valence-corrected chi connectivity index (χ3v) is 12.8. The van der Waals surface area contributed by atoms with E-state index in [0.717, 1.165) is 101 Å². The number of rotatable bonds is 18. The Morgan fingerprint density at radius 2 is 0.840 bits per heavy atom. The van der Waals surface area contributed by atoms with Crippen LogP contribution in [-0.4, -0.2) is 189 Å². The number of nitrogens with one attached hydrogen (secondary N) is 2. The SMILES string of the molecule is COc1cccc(N2CCN(CCCNC(=O)c3cc(S(N)(=O)=O)ccc3OC)CC2)c1.COc1cccc(N2CCN(CCCNC(=O)c3cc(S(N)(=O)=O)ccc3OC)CC2)c1.CS(=O)(=O)O.CS(=O)(=O)O.O. The second kappa shape index (κ2) is 30.6. The number of methoxy groups -OCH3 is 4. The first-order chi connectivity index (χ1) is 34.6. The molecule has 2 saturated heterocycles. The number of piperazine rings is 2. The number of nitrogens with two attached hydrogens (primary N) is 2. The lowest BCUT2D eigenvalue weighted by Gasteiger charge is -2.36. The maximum atomic E-state index is 12.5. The van der Waals surface area contributed by atoms with Crippen LogP contribution < -0.4 is 49.7 Å². The van der Waals surface area contributed by atoms with E-state index in [1.54, 1.807) is 14.2 Å². The first kappa shape index (κ1) is 65.3. The molecule has 0 bridgehead atoms. The standard InChI is InChI=1S/2C22H30N4O5S.2CH4O3S.H2O/c2*1-30-18-6-3-5-17(15-18)26-13-11-25(12-14-26)10-4-9-24-22(27)20-16-19(32(23,28)29)7-8-21(20)31-2;2*1-5(2,3)4;/h2*3,5-8,15-16H,4,9-14H2,1-2H3,(H,24,27)(H2,23,28,29);2*1H3,(H,2,3,4);1H2. The van der Waals surface area contributed by atoms with Crippen molar-refractivity contribution in [2.45, 2.75) is 22.6 Å². The van der Waals surface area contributed by atoms with Crippen LogP contribution in [0.25, 0.3) is 0 Å². The van der Waals surface area contributed by atoms with Crippen LogP contribution in [0.2, 0.25) is 0 Å². The second-order valence-electron chi connectivity index (χ2n) is 16.6. The van der Waals surface area contributed by atoms with Crippen LogP contribution >= 0.6 is 0 Å². The van der Waals surface area contributed by atoms with E-state index in [-0.39, 0.29) is 26.4 Å². The van der Waals surface area contributed by atoms with E-state index in [9.17, 15) is 43.3 Å². The number of hydrogen-bond donors (Lipinski definition) is 6. The minimum absolute atomic E-state index is 0. The summed E-state index contributed by atoms with van der Waals surface area (Å²) in [6.45, 7) is 10.1. The van der Waals surface area contributed by atoms with Crippen molar-refractivity contribution in [1.29, 1.82) is 0 Å². The van der Waals surface area contributed by atoms with Crippen molar-refractivity contribution >= 4 is 63.5 Å². The number of anilines is 2. The number of amides is 2. The highest BCUT2D eigenvalue weighted by Gasteiger charge is 2.21. The molecule has 2 aliphatic heterocycles. The Kier molecular flexibility index (Phi) is 26.6. The quantitative estimate of drug-likeness (QED) is 0.0592. The Labute approximate surface area is 439 Å². The predicted molar refractivity (Wildman–Crippen MR) is 284 cm³/mol. The number of nitrogens with zero attached hydrogens (tertiary/aromatic N) is 4. The molecule has 29 heteroatoms. The molecule has 2 heterocycles. The average molecular weight is 1140 g/mol. The van der Waals surface area contributed by atoms with E-state index in [4.69, 9.17) is 38.3 Å². The summed E-state index contributed by atoms with van der Waals surface area (Å²) in [6.07, 6.45) is 2.99. The van der Waals surface area contributed by atoms with E-state index in [1.165, 1.54) is 50.6 Å². The second-order valence-corrected chi connectivity index (χ2v) is 22.6. The monoisotopic (exact) mass is 1130 g/mol. The van der Waals surface area contributed by atoms with Gasteiger partial charge in [-0.2, -0.15) is 16.8 Å². The van der Waals surface area contributed by atoms with Crippen molar-refractivity contribution in [3.05, 3.63) is 96.1 Å². The molecular formula is C46H70N8O17S4. The van der Waals surface area contributed by atoms with Crippen LogP contribution in [0.1, 0.15) is 33.6 Å². The number of primary sulfonamides is 2. The number of benzene rings is 4. The van der Waals surface area contributed by atoms with Crippen molar-refractivity contribution in [3.8, 4) is 23.0 Å². The molecule has 0 aliphatic carbocycles. The Morgan fingerprint density at radius 1 is 0.520 bits per heavy atom. The molecule has 2 fully saturated rings. The zero-order chi connectivity index (χ0) is 55.3. The summed E-state index contributed by atoms with van der Waals surface area (Å²) in [7, 11) is -8.96. The lowest BCUT2D eigenvalue weighted by Crippen LogP contribution is -2.47. The number of ether oxygens (including phenoxy) is 4. The molecule has 25 nitrogen and oxygen atoms in total. The van der Waals surface area contributed by atoms with Gasteiger partial charge in [0.1, 0.15) is 23.0 Å². The summed E-state index contributed by atoms with van der Waals surface area (Å²) < 4.78 is 119. The predicted octanol–water partition coefficient (Wildman–Crippen LogP) is 0.770. The molecule has 0 aromatic heterocycles. The van der Waals surface area contributed by atoms with Crippen LogP contribution in [0.3, 0.4) is 0 Å². The van der Waals surface area contributed by atoms with E-state index in [1.807, 2.05) is 36.4 Å². The van der Waals surface area contributed by atoms with Gasteiger partial charge in [-0.15, -0.1) is 0 Å². The minimum atomic E-state index is -3.91. The van der Waals surface area contributed by atoms with Gasteiger partial charge in [0.05, 0.1) is 61.9 Å². The molecule has 4 aromatic carbocycles. The van der Waals surface area contributed by atoms with Gasteiger partial charge in [0.25, 0.3) is 32.1 Å². The van der Waals surface area contributed by atoms with E-state index in [0.29, 0.717) is 37.1 Å². The maximum absolute atomic E-state index is 12.5. The van der Waals surface area contributed by atoms with Gasteiger partial charge in [0.2, 0.25) is 20.0 Å². The summed E-state index contributed by atoms with van der Waals surface area (Å²) in [4.78, 5) is 34.3. The van der Waals surface area contributed by atoms with Gasteiger partial charge >= 0.3 is 0 Å². The van der Waals surface area contributed by atoms with Gasteiger partial charge in [-0.25, -0.2) is 27.1 Å². The van der Waals surface area contributed by atoms with Crippen LogP contribution in [-0.2, 0) is 40.3 Å². The molecule has 0 spiro atoms. The number of carbonyl (C=O) groups excluding carboxylic acids is 2. The molecule has 2 aliphatic rings. The zero-order valence-electron chi connectivity index (χ0n) is 42.7. The lowest BCUT2D eigenvalue weighted by molar-refractivity contribution is 0.0939. The van der Waals surface area contributed by atoms with Crippen LogP contribution in [0.4, 0.5) is 11.4 Å². The first-order valence-corrected chi connectivity index (χ1v) is 29.5. The fraction of sp³-hybridized carbons (Fsp3) is 0.435. The van der Waals surface area contributed by atoms with Crippen molar-refractivity contribution in [3.63, 3.8) is 0 Å². The molecule has 10 N–H and O–H groups in total. The highest BCUT2D eigenvalue weighted by atomic mass is 32.2. The van der Waals surface area contributed by atoms with Crippen molar-refractivity contribution in [1.82, 2.24) is 20.4 Å². The third-order valence-electron chi connectivity index (χ3n) is 10.9. The van der Waals surface area contributed by atoms with Gasteiger partial charge in [0, 0.05) is 89.0 Å². The molecule has 0 radical (unpaired) electrons. The summed E-state index contributed by atoms with van der Waals surface area (Å²) in [5.74, 6) is 1.51. The van der Waals surface area contributed by atoms with Crippen LogP contribution in [0.5, 0.6) is 23.0 Å². The van der Waals surface area contributed by atoms with Gasteiger partial charge in [0.15, 0.2) is 0 Å². The maximum Gasteiger partial charge on any atom is 0.261 e. The number of sulfonamides is 2. The summed E-state index contributed by atoms with van der Waals surface area (Å²) in [5.41, 5.74) is 2.61. The molecular weight excluding hydrogens is 1060 g/mol. The van der Waals surface area contributed by atoms with Gasteiger partial charge in [-0.1, -0.05) is 12.1 Å². The van der Waals surface area contributed by atoms with Crippen molar-refractivity contribution < 1.29 is 76.8 Å². The largest absolute Gasteiger partial charge is 0.497 e. The van der Waals surface area contributed by atoms with Crippen molar-refractivity contribution in [2.75, 3.05) is 129 Å². The molecule has 4 aromatic rings. The molecule has 0 atom stereocenters. The molecule has 420 valence electrons. The average Bonchev–Trinajstić information content (AvgIpc) is 3.35. The Morgan fingerprint density at radius 3 is 1.12 bits per heavy atom. The summed E-state index contributed by atoms with van der Waals surface area (Å²) in [6, 6.07) is 24.1. The van der Waals surface area contributed by atoms with Gasteiger partial charge in [-0.05, 0) is 86.6 Å². The third kappa shape index (κ3) is 24.6. The number of carbonyl (C=O) groups is 2. The Bertz CT molecular complexity index is 2710. The molecule has 0 unspecified atom stereocenters. The molecule has 75 heavy (non-hydrogen) atoms. The van der Waals surface area contributed by atoms with E-state index in [2.05, 4.69) is 42.4 Å². The lowest BCUT2D eigenvalue weighted by atomic mass is 10.2. The molecule has 0 saturated carbocycles. The minimum Gasteiger partial charge on any atom is -0.497 e.